The first kappa shape index (κ1) is 19.0. The van der Waals surface area contributed by atoms with Crippen molar-refractivity contribution in [1.82, 2.24) is 15.1 Å². The first-order valence-electron chi connectivity index (χ1n) is 8.75. The topological polar surface area (TPSA) is 35.6 Å². The number of hydrogen-bond acceptors (Lipinski definition) is 3. The number of piperazine rings is 1. The lowest BCUT2D eigenvalue weighted by molar-refractivity contribution is 0.0886. The molecule has 0 radical (unpaired) electrons. The molecule has 2 aromatic rings. The number of likely N-dealkylation sites (N-methyl/N-ethyl adjacent to an activating group) is 1. The molecule has 6 heteroatoms. The predicted octanol–water partition coefficient (Wildman–Crippen LogP) is 3.31. The zero-order chi connectivity index (χ0) is 18.5. The van der Waals surface area contributed by atoms with Crippen LogP contribution < -0.4 is 5.32 Å². The largest absolute Gasteiger partial charge is 0.350 e. The molecular formula is C20H23BrFN3O. The Morgan fingerprint density at radius 2 is 1.69 bits per heavy atom. The van der Waals surface area contributed by atoms with Gasteiger partial charge < -0.3 is 10.2 Å². The third kappa shape index (κ3) is 4.90. The van der Waals surface area contributed by atoms with Gasteiger partial charge in [0.15, 0.2) is 0 Å². The van der Waals surface area contributed by atoms with Crippen molar-refractivity contribution in [3.8, 4) is 0 Å². The molecule has 0 saturated carbocycles. The maximum atomic E-state index is 13.3. The SMILES string of the molecule is CN1CCN(C(CNC(=O)c2ccc(Br)cc2)c2ccc(F)cc2)CC1. The number of rotatable bonds is 5. The Morgan fingerprint density at radius 3 is 2.31 bits per heavy atom. The summed E-state index contributed by atoms with van der Waals surface area (Å²) in [5.74, 6) is -0.344. The van der Waals surface area contributed by atoms with Gasteiger partial charge in [-0.25, -0.2) is 4.39 Å². The van der Waals surface area contributed by atoms with E-state index in [0.29, 0.717) is 12.1 Å². The van der Waals surface area contributed by atoms with E-state index in [-0.39, 0.29) is 17.8 Å². The van der Waals surface area contributed by atoms with Crippen molar-refractivity contribution in [2.75, 3.05) is 39.8 Å². The summed E-state index contributed by atoms with van der Waals surface area (Å²) in [7, 11) is 2.11. The first-order chi connectivity index (χ1) is 12.5. The van der Waals surface area contributed by atoms with Crippen molar-refractivity contribution in [3.63, 3.8) is 0 Å². The normalized spacial score (nSPS) is 17.0. The smallest absolute Gasteiger partial charge is 0.251 e. The molecule has 0 aromatic heterocycles. The van der Waals surface area contributed by atoms with Gasteiger partial charge in [0.25, 0.3) is 5.91 Å². The molecule has 138 valence electrons. The summed E-state index contributed by atoms with van der Waals surface area (Å²) in [6.45, 7) is 4.31. The molecular weight excluding hydrogens is 397 g/mol. The minimum absolute atomic E-state index is 0.0312. The molecule has 1 aliphatic rings. The maximum absolute atomic E-state index is 13.3. The van der Waals surface area contributed by atoms with Crippen molar-refractivity contribution < 1.29 is 9.18 Å². The van der Waals surface area contributed by atoms with Crippen LogP contribution in [0.2, 0.25) is 0 Å². The zero-order valence-corrected chi connectivity index (χ0v) is 16.4. The molecule has 0 aliphatic carbocycles. The van der Waals surface area contributed by atoms with Gasteiger partial charge in [-0.1, -0.05) is 28.1 Å². The Bertz CT molecular complexity index is 728. The van der Waals surface area contributed by atoms with Crippen LogP contribution in [0.3, 0.4) is 0 Å². The fourth-order valence-electron chi connectivity index (χ4n) is 3.17. The summed E-state index contributed by atoms with van der Waals surface area (Å²) in [4.78, 5) is 17.1. The van der Waals surface area contributed by atoms with Gasteiger partial charge in [-0.2, -0.15) is 0 Å². The average molecular weight is 420 g/mol. The Balaban J connectivity index is 1.71. The number of halogens is 2. The second-order valence-electron chi connectivity index (χ2n) is 6.62. The summed E-state index contributed by atoms with van der Waals surface area (Å²) < 4.78 is 14.3. The van der Waals surface area contributed by atoms with Gasteiger partial charge in [-0.3, -0.25) is 9.69 Å². The molecule has 4 nitrogen and oxygen atoms in total. The molecule has 1 aliphatic heterocycles. The molecule has 3 rings (SSSR count). The van der Waals surface area contributed by atoms with E-state index in [4.69, 9.17) is 0 Å². The number of carbonyl (C=O) groups is 1. The van der Waals surface area contributed by atoms with Crippen LogP contribution in [0.4, 0.5) is 4.39 Å². The van der Waals surface area contributed by atoms with Crippen LogP contribution in [-0.2, 0) is 0 Å². The van der Waals surface area contributed by atoms with Gasteiger partial charge in [0.1, 0.15) is 5.82 Å². The molecule has 0 bridgehead atoms. The van der Waals surface area contributed by atoms with Crippen molar-refractivity contribution in [3.05, 3.63) is 69.9 Å². The molecule has 1 atom stereocenters. The van der Waals surface area contributed by atoms with Gasteiger partial charge in [0, 0.05) is 42.8 Å². The maximum Gasteiger partial charge on any atom is 0.251 e. The monoisotopic (exact) mass is 419 g/mol. The Labute approximate surface area is 162 Å². The lowest BCUT2D eigenvalue weighted by Crippen LogP contribution is -2.48. The van der Waals surface area contributed by atoms with Crippen LogP contribution >= 0.6 is 15.9 Å². The molecule has 0 spiro atoms. The van der Waals surface area contributed by atoms with Crippen LogP contribution in [0.15, 0.2) is 53.0 Å². The molecule has 1 heterocycles. The molecule has 1 unspecified atom stereocenters. The van der Waals surface area contributed by atoms with Crippen molar-refractivity contribution in [2.45, 2.75) is 6.04 Å². The number of nitrogens with zero attached hydrogens (tertiary/aromatic N) is 2. The van der Waals surface area contributed by atoms with E-state index in [2.05, 4.69) is 38.1 Å². The lowest BCUT2D eigenvalue weighted by Gasteiger charge is -2.38. The number of hydrogen-bond donors (Lipinski definition) is 1. The number of amides is 1. The van der Waals surface area contributed by atoms with E-state index in [0.717, 1.165) is 36.2 Å². The molecule has 2 aromatic carbocycles. The number of carbonyl (C=O) groups excluding carboxylic acids is 1. The standard InChI is InChI=1S/C20H23BrFN3O/c1-24-10-12-25(13-11-24)19(15-4-8-18(22)9-5-15)14-23-20(26)16-2-6-17(21)7-3-16/h2-9,19H,10-14H2,1H3,(H,23,26). The fraction of sp³-hybridized carbons (Fsp3) is 0.350. The van der Waals surface area contributed by atoms with Crippen LogP contribution in [0.25, 0.3) is 0 Å². The second-order valence-corrected chi connectivity index (χ2v) is 7.54. The molecule has 1 amide bonds. The van der Waals surface area contributed by atoms with Gasteiger partial charge >= 0.3 is 0 Å². The summed E-state index contributed by atoms with van der Waals surface area (Å²) in [6, 6.07) is 13.9. The average Bonchev–Trinajstić information content (AvgIpc) is 2.65. The van der Waals surface area contributed by atoms with E-state index in [1.165, 1.54) is 12.1 Å². The van der Waals surface area contributed by atoms with Gasteiger partial charge in [-0.15, -0.1) is 0 Å². The highest BCUT2D eigenvalue weighted by Gasteiger charge is 2.24. The number of benzene rings is 2. The van der Waals surface area contributed by atoms with Crippen LogP contribution in [-0.4, -0.2) is 55.5 Å². The van der Waals surface area contributed by atoms with E-state index in [9.17, 15) is 9.18 Å². The van der Waals surface area contributed by atoms with E-state index < -0.39 is 0 Å². The van der Waals surface area contributed by atoms with Gasteiger partial charge in [0.2, 0.25) is 0 Å². The van der Waals surface area contributed by atoms with E-state index in [1.807, 2.05) is 24.3 Å². The Hall–Kier alpha value is -1.76. The van der Waals surface area contributed by atoms with Crippen molar-refractivity contribution in [1.29, 1.82) is 0 Å². The van der Waals surface area contributed by atoms with E-state index in [1.54, 1.807) is 12.1 Å². The predicted molar refractivity (Wildman–Crippen MR) is 105 cm³/mol. The Morgan fingerprint density at radius 1 is 1.08 bits per heavy atom. The highest BCUT2D eigenvalue weighted by atomic mass is 79.9. The second kappa shape index (κ2) is 8.75. The van der Waals surface area contributed by atoms with Crippen molar-refractivity contribution in [2.24, 2.45) is 0 Å². The van der Waals surface area contributed by atoms with Gasteiger partial charge in [0.05, 0.1) is 6.04 Å². The highest BCUT2D eigenvalue weighted by molar-refractivity contribution is 9.10. The highest BCUT2D eigenvalue weighted by Crippen LogP contribution is 2.22. The molecule has 1 N–H and O–H groups in total. The quantitative estimate of drug-likeness (QED) is 0.807. The summed E-state index contributed by atoms with van der Waals surface area (Å²) >= 11 is 3.38. The molecule has 1 saturated heterocycles. The van der Waals surface area contributed by atoms with Crippen LogP contribution in [0, 0.1) is 5.82 Å². The summed E-state index contributed by atoms with van der Waals surface area (Å²) in [5.41, 5.74) is 1.65. The molecule has 1 fully saturated rings. The fourth-order valence-corrected chi connectivity index (χ4v) is 3.43. The number of nitrogens with one attached hydrogen (secondary N) is 1. The minimum Gasteiger partial charge on any atom is -0.350 e. The lowest BCUT2D eigenvalue weighted by atomic mass is 10.0. The third-order valence-corrected chi connectivity index (χ3v) is 5.32. The third-order valence-electron chi connectivity index (χ3n) is 4.80. The summed E-state index contributed by atoms with van der Waals surface area (Å²) in [5, 5.41) is 3.04. The summed E-state index contributed by atoms with van der Waals surface area (Å²) in [6.07, 6.45) is 0. The van der Waals surface area contributed by atoms with E-state index >= 15 is 0 Å². The van der Waals surface area contributed by atoms with Crippen LogP contribution in [0.1, 0.15) is 22.0 Å². The minimum atomic E-state index is -0.246. The zero-order valence-electron chi connectivity index (χ0n) is 14.8. The molecule has 26 heavy (non-hydrogen) atoms. The Kier molecular flexibility index (Phi) is 6.40. The first-order valence-corrected chi connectivity index (χ1v) is 9.54. The van der Waals surface area contributed by atoms with Crippen molar-refractivity contribution >= 4 is 21.8 Å². The van der Waals surface area contributed by atoms with Crippen LogP contribution in [0.5, 0.6) is 0 Å². The van der Waals surface area contributed by atoms with Gasteiger partial charge in [-0.05, 0) is 49.0 Å².